The Morgan fingerprint density at radius 2 is 2.10 bits per heavy atom. The largest absolute Gasteiger partial charge is 0.444 e. The smallest absolute Gasteiger partial charge is 0.407 e. The number of carbonyl (C=O) groups excluding carboxylic acids is 1. The van der Waals surface area contributed by atoms with Gasteiger partial charge < -0.3 is 15.2 Å². The van der Waals surface area contributed by atoms with Crippen molar-refractivity contribution in [3.63, 3.8) is 0 Å². The van der Waals surface area contributed by atoms with Gasteiger partial charge in [-0.25, -0.2) is 14.8 Å². The molecule has 1 rings (SSSR count). The van der Waals surface area contributed by atoms with Crippen LogP contribution in [0.25, 0.3) is 0 Å². The first-order chi connectivity index (χ1) is 9.19. The Morgan fingerprint density at radius 1 is 1.45 bits per heavy atom. The molecule has 0 aliphatic heterocycles. The monoisotopic (exact) mass is 281 g/mol. The molecule has 1 heterocycles. The van der Waals surface area contributed by atoms with Gasteiger partial charge in [0.15, 0.2) is 0 Å². The highest BCUT2D eigenvalue weighted by Crippen LogP contribution is 2.13. The fraction of sp³-hybridized carbons (Fsp3) is 0.643. The van der Waals surface area contributed by atoms with Crippen molar-refractivity contribution < 1.29 is 14.6 Å². The molecule has 0 aromatic carbocycles. The van der Waals surface area contributed by atoms with Crippen molar-refractivity contribution in [2.24, 2.45) is 0 Å². The van der Waals surface area contributed by atoms with Crippen molar-refractivity contribution in [1.82, 2.24) is 15.3 Å². The highest BCUT2D eigenvalue weighted by Gasteiger charge is 2.18. The predicted octanol–water partition coefficient (Wildman–Crippen LogP) is 2.16. The number of rotatable bonds is 4. The van der Waals surface area contributed by atoms with Crippen LogP contribution in [0.1, 0.15) is 58.2 Å². The Balaban J connectivity index is 2.57. The molecule has 112 valence electrons. The lowest BCUT2D eigenvalue weighted by atomic mass is 10.2. The number of ether oxygens (including phenoxy) is 1. The normalized spacial score (nSPS) is 13.2. The molecular weight excluding hydrogens is 258 g/mol. The predicted molar refractivity (Wildman–Crippen MR) is 75.3 cm³/mol. The molecule has 0 radical (unpaired) electrons. The number of aromatic nitrogens is 2. The summed E-state index contributed by atoms with van der Waals surface area (Å²) in [6, 6.07) is 1.63. The van der Waals surface area contributed by atoms with E-state index in [9.17, 15) is 9.90 Å². The molecule has 0 saturated carbocycles. The number of hydrogen-bond acceptors (Lipinski definition) is 5. The van der Waals surface area contributed by atoms with Crippen LogP contribution in [-0.2, 0) is 4.74 Å². The Bertz CT molecular complexity index is 455. The lowest BCUT2D eigenvalue weighted by Gasteiger charge is -2.20. The zero-order chi connectivity index (χ0) is 15.3. The summed E-state index contributed by atoms with van der Waals surface area (Å²) in [5, 5.41) is 12.5. The SMILES string of the molecule is CC(C)c1nccc(C(O)CNC(=O)OC(C)(C)C)n1. The van der Waals surface area contributed by atoms with Crippen LogP contribution in [0.4, 0.5) is 4.79 Å². The minimum Gasteiger partial charge on any atom is -0.444 e. The van der Waals surface area contributed by atoms with Gasteiger partial charge in [-0.2, -0.15) is 0 Å². The Labute approximate surface area is 119 Å². The number of nitrogens with one attached hydrogen (secondary N) is 1. The molecule has 0 aliphatic rings. The Hall–Kier alpha value is -1.69. The van der Waals surface area contributed by atoms with Crippen LogP contribution in [0.5, 0.6) is 0 Å². The summed E-state index contributed by atoms with van der Waals surface area (Å²) in [6.07, 6.45) is 0.159. The maximum atomic E-state index is 11.5. The second kappa shape index (κ2) is 6.65. The molecule has 0 bridgehead atoms. The quantitative estimate of drug-likeness (QED) is 0.883. The number of alkyl carbamates (subject to hydrolysis) is 1. The minimum atomic E-state index is -0.886. The molecule has 1 unspecified atom stereocenters. The standard InChI is InChI=1S/C14H23N3O3/c1-9(2)12-15-7-6-10(17-12)11(18)8-16-13(19)20-14(3,4)5/h6-7,9,11,18H,8H2,1-5H3,(H,16,19). The summed E-state index contributed by atoms with van der Waals surface area (Å²) in [7, 11) is 0. The summed E-state index contributed by atoms with van der Waals surface area (Å²) >= 11 is 0. The number of carbonyl (C=O) groups is 1. The third-order valence-electron chi connectivity index (χ3n) is 2.39. The molecule has 6 heteroatoms. The van der Waals surface area contributed by atoms with Gasteiger partial charge in [-0.15, -0.1) is 0 Å². The van der Waals surface area contributed by atoms with Gasteiger partial charge in [0.1, 0.15) is 17.5 Å². The minimum absolute atomic E-state index is 0.0451. The molecule has 1 aromatic heterocycles. The molecule has 0 aliphatic carbocycles. The van der Waals surface area contributed by atoms with Crippen molar-refractivity contribution in [2.45, 2.75) is 52.2 Å². The van der Waals surface area contributed by atoms with E-state index in [1.165, 1.54) is 0 Å². The highest BCUT2D eigenvalue weighted by molar-refractivity contribution is 5.67. The van der Waals surface area contributed by atoms with E-state index in [1.54, 1.807) is 33.0 Å². The van der Waals surface area contributed by atoms with E-state index >= 15 is 0 Å². The fourth-order valence-electron chi connectivity index (χ4n) is 1.45. The van der Waals surface area contributed by atoms with Crippen LogP contribution in [0, 0.1) is 0 Å². The van der Waals surface area contributed by atoms with Crippen LogP contribution in [0.2, 0.25) is 0 Å². The van der Waals surface area contributed by atoms with Crippen molar-refractivity contribution in [1.29, 1.82) is 0 Å². The number of nitrogens with zero attached hydrogens (tertiary/aromatic N) is 2. The van der Waals surface area contributed by atoms with Crippen LogP contribution in [-0.4, -0.2) is 33.3 Å². The Kier molecular flexibility index (Phi) is 5.44. The molecule has 1 aromatic rings. The molecule has 2 N–H and O–H groups in total. The second-order valence-electron chi connectivity index (χ2n) is 5.89. The molecule has 0 spiro atoms. The van der Waals surface area contributed by atoms with E-state index in [2.05, 4.69) is 15.3 Å². The third kappa shape index (κ3) is 5.52. The average molecular weight is 281 g/mol. The first kappa shape index (κ1) is 16.4. The Morgan fingerprint density at radius 3 is 2.65 bits per heavy atom. The topological polar surface area (TPSA) is 84.3 Å². The van der Waals surface area contributed by atoms with E-state index in [0.29, 0.717) is 11.5 Å². The van der Waals surface area contributed by atoms with Gasteiger partial charge >= 0.3 is 6.09 Å². The van der Waals surface area contributed by atoms with Crippen LogP contribution in [0.15, 0.2) is 12.3 Å². The number of aliphatic hydroxyl groups excluding tert-OH is 1. The molecule has 1 atom stereocenters. The summed E-state index contributed by atoms with van der Waals surface area (Å²) in [6.45, 7) is 9.34. The summed E-state index contributed by atoms with van der Waals surface area (Å²) in [4.78, 5) is 19.9. The first-order valence-corrected chi connectivity index (χ1v) is 6.67. The maximum Gasteiger partial charge on any atom is 0.407 e. The number of amides is 1. The zero-order valence-electron chi connectivity index (χ0n) is 12.7. The van der Waals surface area contributed by atoms with E-state index in [-0.39, 0.29) is 12.5 Å². The summed E-state index contributed by atoms with van der Waals surface area (Å²) < 4.78 is 5.09. The van der Waals surface area contributed by atoms with Gasteiger partial charge in [-0.3, -0.25) is 0 Å². The van der Waals surface area contributed by atoms with Gasteiger partial charge in [-0.05, 0) is 26.8 Å². The first-order valence-electron chi connectivity index (χ1n) is 6.67. The van der Waals surface area contributed by atoms with E-state index in [4.69, 9.17) is 4.74 Å². The van der Waals surface area contributed by atoms with Gasteiger partial charge in [0, 0.05) is 12.1 Å². The molecule has 1 amide bonds. The summed E-state index contributed by atoms with van der Waals surface area (Å²) in [5.74, 6) is 0.847. The molecule has 0 saturated heterocycles. The van der Waals surface area contributed by atoms with Crippen LogP contribution >= 0.6 is 0 Å². The van der Waals surface area contributed by atoms with Crippen LogP contribution < -0.4 is 5.32 Å². The van der Waals surface area contributed by atoms with Crippen molar-refractivity contribution >= 4 is 6.09 Å². The maximum absolute atomic E-state index is 11.5. The average Bonchev–Trinajstić information content (AvgIpc) is 2.34. The van der Waals surface area contributed by atoms with Crippen LogP contribution in [0.3, 0.4) is 0 Å². The van der Waals surface area contributed by atoms with Gasteiger partial charge in [0.05, 0.1) is 12.2 Å². The lowest BCUT2D eigenvalue weighted by molar-refractivity contribution is 0.0490. The molecule has 0 fully saturated rings. The van der Waals surface area contributed by atoms with Crippen molar-refractivity contribution in [2.75, 3.05) is 6.54 Å². The molecule has 20 heavy (non-hydrogen) atoms. The van der Waals surface area contributed by atoms with Crippen molar-refractivity contribution in [3.05, 3.63) is 23.8 Å². The summed E-state index contributed by atoms with van der Waals surface area (Å²) in [5.41, 5.74) is -0.0749. The second-order valence-corrected chi connectivity index (χ2v) is 5.89. The lowest BCUT2D eigenvalue weighted by Crippen LogP contribution is -2.35. The number of hydrogen-bond donors (Lipinski definition) is 2. The molecule has 6 nitrogen and oxygen atoms in total. The van der Waals surface area contributed by atoms with E-state index < -0.39 is 17.8 Å². The molecular formula is C14H23N3O3. The highest BCUT2D eigenvalue weighted by atomic mass is 16.6. The van der Waals surface area contributed by atoms with Gasteiger partial charge in [-0.1, -0.05) is 13.8 Å². The van der Waals surface area contributed by atoms with E-state index in [0.717, 1.165) is 0 Å². The zero-order valence-corrected chi connectivity index (χ0v) is 12.7. The van der Waals surface area contributed by atoms with E-state index in [1.807, 2.05) is 13.8 Å². The fourth-order valence-corrected chi connectivity index (χ4v) is 1.45. The third-order valence-corrected chi connectivity index (χ3v) is 2.39. The van der Waals surface area contributed by atoms with Gasteiger partial charge in [0.25, 0.3) is 0 Å². The van der Waals surface area contributed by atoms with Crippen molar-refractivity contribution in [3.8, 4) is 0 Å². The number of aliphatic hydroxyl groups is 1. The van der Waals surface area contributed by atoms with Gasteiger partial charge in [0.2, 0.25) is 0 Å².